The molecule has 0 aliphatic heterocycles. The van der Waals surface area contributed by atoms with Crippen molar-refractivity contribution in [3.05, 3.63) is 0 Å². The fraction of sp³-hybridized carbons (Fsp3) is 1.00. The molecule has 0 saturated carbocycles. The van der Waals surface area contributed by atoms with E-state index in [0.29, 0.717) is 0 Å². The molecule has 41 heavy (non-hydrogen) atoms. The molecular formula is C35H71NaO4S. The van der Waals surface area contributed by atoms with Crippen molar-refractivity contribution in [3.63, 3.8) is 0 Å². The van der Waals surface area contributed by atoms with Crippen LogP contribution in [0.3, 0.4) is 0 Å². The van der Waals surface area contributed by atoms with Gasteiger partial charge in [-0.15, -0.1) is 0 Å². The molecular weight excluding hydrogens is 539 g/mol. The normalized spacial score (nSPS) is 12.5. The zero-order valence-electron chi connectivity index (χ0n) is 28.2. The third-order valence-electron chi connectivity index (χ3n) is 8.63. The zero-order valence-corrected chi connectivity index (χ0v) is 31.1. The van der Waals surface area contributed by atoms with Crippen LogP contribution in [0.2, 0.25) is 0 Å². The van der Waals surface area contributed by atoms with Crippen LogP contribution in [0.15, 0.2) is 0 Å². The molecule has 242 valence electrons. The molecule has 0 bridgehead atoms. The summed E-state index contributed by atoms with van der Waals surface area (Å²) >= 11 is 0. The molecule has 0 aliphatic rings. The Morgan fingerprint density at radius 2 is 0.659 bits per heavy atom. The largest absolute Gasteiger partial charge is 1.00 e. The van der Waals surface area contributed by atoms with Crippen LogP contribution in [0.5, 0.6) is 0 Å². The standard InChI is InChI=1S/C35H72O4S.Na/c1-3-5-7-9-11-13-14-15-16-17-18-19-20-21-22-23-25-27-29-31-33-35(34-39-40(36,37)38)32-30-28-26-24-12-10-8-6-4-2;/h35H,3-34H2,1-2H3,(H,36,37,38);/q;+1/p-1. The van der Waals surface area contributed by atoms with E-state index in [4.69, 9.17) is 0 Å². The average Bonchev–Trinajstić information content (AvgIpc) is 2.93. The molecule has 0 radical (unpaired) electrons. The maximum Gasteiger partial charge on any atom is 1.00 e. The van der Waals surface area contributed by atoms with Crippen LogP contribution in [0, 0.1) is 5.92 Å². The Balaban J connectivity index is 0. The number of rotatable bonds is 34. The molecule has 0 aliphatic carbocycles. The van der Waals surface area contributed by atoms with E-state index in [0.717, 1.165) is 25.7 Å². The Labute approximate surface area is 281 Å². The fourth-order valence-corrected chi connectivity index (χ4v) is 6.28. The number of hydrogen-bond acceptors (Lipinski definition) is 4. The fourth-order valence-electron chi connectivity index (χ4n) is 5.92. The van der Waals surface area contributed by atoms with Crippen molar-refractivity contribution in [2.24, 2.45) is 5.92 Å². The Morgan fingerprint density at radius 1 is 0.439 bits per heavy atom. The van der Waals surface area contributed by atoms with Crippen LogP contribution >= 0.6 is 0 Å². The summed E-state index contributed by atoms with van der Waals surface area (Å²) in [5.41, 5.74) is 0. The predicted molar refractivity (Wildman–Crippen MR) is 174 cm³/mol. The molecule has 0 aromatic carbocycles. The maximum atomic E-state index is 10.9. The van der Waals surface area contributed by atoms with E-state index in [9.17, 15) is 13.0 Å². The van der Waals surface area contributed by atoms with Crippen LogP contribution in [0.4, 0.5) is 0 Å². The van der Waals surface area contributed by atoms with Crippen molar-refractivity contribution in [1.29, 1.82) is 0 Å². The molecule has 0 amide bonds. The minimum Gasteiger partial charge on any atom is -0.726 e. The predicted octanol–water partition coefficient (Wildman–Crippen LogP) is 9.22. The van der Waals surface area contributed by atoms with Crippen molar-refractivity contribution in [3.8, 4) is 0 Å². The summed E-state index contributed by atoms with van der Waals surface area (Å²) in [5.74, 6) is 0.198. The maximum absolute atomic E-state index is 10.9. The minimum atomic E-state index is -4.58. The summed E-state index contributed by atoms with van der Waals surface area (Å²) in [6, 6.07) is 0. The van der Waals surface area contributed by atoms with E-state index < -0.39 is 10.4 Å². The molecule has 0 aromatic heterocycles. The van der Waals surface area contributed by atoms with Crippen LogP contribution in [-0.2, 0) is 14.6 Å². The van der Waals surface area contributed by atoms with Gasteiger partial charge in [0.25, 0.3) is 0 Å². The van der Waals surface area contributed by atoms with Gasteiger partial charge >= 0.3 is 29.6 Å². The van der Waals surface area contributed by atoms with Gasteiger partial charge in [0, 0.05) is 0 Å². The summed E-state index contributed by atoms with van der Waals surface area (Å²) < 4.78 is 37.5. The molecule has 0 saturated heterocycles. The third kappa shape index (κ3) is 38.8. The molecule has 0 heterocycles. The molecule has 4 nitrogen and oxygen atoms in total. The summed E-state index contributed by atoms with van der Waals surface area (Å²) in [4.78, 5) is 0. The van der Waals surface area contributed by atoms with E-state index in [2.05, 4.69) is 18.0 Å². The number of unbranched alkanes of at least 4 members (excludes halogenated alkanes) is 27. The van der Waals surface area contributed by atoms with Crippen molar-refractivity contribution < 1.29 is 46.7 Å². The summed E-state index contributed by atoms with van der Waals surface area (Å²) in [6.45, 7) is 4.61. The topological polar surface area (TPSA) is 66.4 Å². The Bertz CT molecular complexity index is 585. The summed E-state index contributed by atoms with van der Waals surface area (Å²) in [5, 5.41) is 0. The van der Waals surface area contributed by atoms with Gasteiger partial charge in [0.15, 0.2) is 0 Å². The SMILES string of the molecule is CCCCCCCCCCCCCCCCCCCCCCC(CCCCCCCCCCC)COS(=O)(=O)[O-].[Na+]. The Morgan fingerprint density at radius 3 is 0.878 bits per heavy atom. The van der Waals surface area contributed by atoms with Crippen LogP contribution in [0.1, 0.15) is 213 Å². The molecule has 0 fully saturated rings. The van der Waals surface area contributed by atoms with Crippen LogP contribution in [0.25, 0.3) is 0 Å². The Hall–Kier alpha value is 0.870. The van der Waals surface area contributed by atoms with Crippen LogP contribution in [-0.4, -0.2) is 19.6 Å². The monoisotopic (exact) mass is 610 g/mol. The Kier molecular flexibility index (Phi) is 37.9. The second-order valence-corrected chi connectivity index (χ2v) is 13.7. The van der Waals surface area contributed by atoms with Gasteiger partial charge in [-0.25, -0.2) is 8.42 Å². The average molecular weight is 611 g/mol. The van der Waals surface area contributed by atoms with Gasteiger partial charge in [-0.05, 0) is 18.8 Å². The van der Waals surface area contributed by atoms with Gasteiger partial charge in [-0.3, -0.25) is 4.18 Å². The quantitative estimate of drug-likeness (QED) is 0.0315. The van der Waals surface area contributed by atoms with Crippen molar-refractivity contribution in [1.82, 2.24) is 0 Å². The first-order valence-electron chi connectivity index (χ1n) is 18.1. The second kappa shape index (κ2) is 35.4. The van der Waals surface area contributed by atoms with Gasteiger partial charge in [0.05, 0.1) is 6.61 Å². The smallest absolute Gasteiger partial charge is 0.726 e. The molecule has 6 heteroatoms. The van der Waals surface area contributed by atoms with E-state index in [1.54, 1.807) is 0 Å². The minimum absolute atomic E-state index is 0. The molecule has 0 rings (SSSR count). The van der Waals surface area contributed by atoms with E-state index in [1.165, 1.54) is 173 Å². The molecule has 1 unspecified atom stereocenters. The van der Waals surface area contributed by atoms with Crippen molar-refractivity contribution in [2.45, 2.75) is 213 Å². The zero-order chi connectivity index (χ0) is 29.4. The van der Waals surface area contributed by atoms with Gasteiger partial charge in [0.1, 0.15) is 0 Å². The van der Waals surface area contributed by atoms with E-state index >= 15 is 0 Å². The van der Waals surface area contributed by atoms with Gasteiger partial charge in [0.2, 0.25) is 10.4 Å². The summed E-state index contributed by atoms with van der Waals surface area (Å²) in [7, 11) is -4.58. The first kappa shape index (κ1) is 44.0. The van der Waals surface area contributed by atoms with Gasteiger partial charge in [-0.1, -0.05) is 200 Å². The first-order valence-corrected chi connectivity index (χ1v) is 19.4. The van der Waals surface area contributed by atoms with Crippen LogP contribution < -0.4 is 29.6 Å². The molecule has 0 spiro atoms. The first-order chi connectivity index (χ1) is 19.5. The number of hydrogen-bond donors (Lipinski definition) is 0. The van der Waals surface area contributed by atoms with Crippen molar-refractivity contribution >= 4 is 10.4 Å². The molecule has 0 aromatic rings. The van der Waals surface area contributed by atoms with E-state index in [-0.39, 0.29) is 42.1 Å². The summed E-state index contributed by atoms with van der Waals surface area (Å²) in [6.07, 6.45) is 41.1. The third-order valence-corrected chi connectivity index (χ3v) is 9.05. The van der Waals surface area contributed by atoms with Gasteiger partial charge in [-0.2, -0.15) is 0 Å². The molecule has 1 atom stereocenters. The van der Waals surface area contributed by atoms with E-state index in [1.807, 2.05) is 0 Å². The van der Waals surface area contributed by atoms with Crippen molar-refractivity contribution in [2.75, 3.05) is 6.61 Å². The van der Waals surface area contributed by atoms with Gasteiger partial charge < -0.3 is 4.55 Å². The molecule has 0 N–H and O–H groups in total. The second-order valence-electron chi connectivity index (χ2n) is 12.7.